The second kappa shape index (κ2) is 8.93. The molecule has 0 aliphatic heterocycles. The van der Waals surface area contributed by atoms with Crippen molar-refractivity contribution in [3.05, 3.63) is 69.8 Å². The molecule has 2 unspecified atom stereocenters. The highest BCUT2D eigenvalue weighted by molar-refractivity contribution is 14.1. The Kier molecular flexibility index (Phi) is 6.29. The maximum Gasteiger partial charge on any atom is 0.283 e. The van der Waals surface area contributed by atoms with E-state index in [1.165, 1.54) is 21.8 Å². The van der Waals surface area contributed by atoms with Crippen molar-refractivity contribution in [1.82, 2.24) is 14.8 Å². The first-order valence-corrected chi connectivity index (χ1v) is 14.5. The van der Waals surface area contributed by atoms with Crippen LogP contribution in [0.25, 0.3) is 0 Å². The zero-order chi connectivity index (χ0) is 23.3. The molecular weight excluding hydrogens is 537 g/mol. The third-order valence-corrected chi connectivity index (χ3v) is 9.90. The summed E-state index contributed by atoms with van der Waals surface area (Å²) in [4.78, 5) is 4.79. The van der Waals surface area contributed by atoms with Crippen molar-refractivity contribution in [2.45, 2.75) is 70.9 Å². The van der Waals surface area contributed by atoms with E-state index in [0.717, 1.165) is 16.7 Å². The molecule has 2 aromatic carbocycles. The predicted molar refractivity (Wildman–Crippen MR) is 144 cm³/mol. The minimum atomic E-state index is -1.28. The zero-order valence-corrected chi connectivity index (χ0v) is 23.3. The van der Waals surface area contributed by atoms with Crippen molar-refractivity contribution >= 4 is 42.0 Å². The highest BCUT2D eigenvalue weighted by Crippen LogP contribution is 2.63. The molecule has 0 spiro atoms. The lowest BCUT2D eigenvalue weighted by Gasteiger charge is -2.24. The molecule has 2 aliphatic rings. The number of benzene rings is 2. The fraction of sp³-hybridized carbons (Fsp3) is 0.481. The van der Waals surface area contributed by atoms with Crippen LogP contribution in [0.2, 0.25) is 0 Å². The second-order valence-electron chi connectivity index (χ2n) is 10.9. The summed E-state index contributed by atoms with van der Waals surface area (Å²) in [5.41, 5.74) is 1.53. The molecule has 0 saturated heterocycles. The maximum atomic E-state index is 6.93. The van der Waals surface area contributed by atoms with Crippen LogP contribution in [0.5, 0.6) is 0 Å². The number of hydrogen-bond acceptors (Lipinski definition) is 3. The van der Waals surface area contributed by atoms with E-state index in [1.54, 1.807) is 0 Å². The molecule has 3 aromatic rings. The van der Waals surface area contributed by atoms with Crippen molar-refractivity contribution in [2.75, 3.05) is 0 Å². The SMILES string of the molecule is CC(C)n1nc(I)nc1C1C2CC(O[Si](c3ccccc3)c3ccc(C(C)(C)C)cc3)CC21. The Morgan fingerprint density at radius 3 is 2.15 bits per heavy atom. The van der Waals surface area contributed by atoms with Crippen LogP contribution in [0.1, 0.15) is 70.8 Å². The van der Waals surface area contributed by atoms with Crippen LogP contribution >= 0.6 is 22.6 Å². The monoisotopic (exact) mass is 570 g/mol. The maximum absolute atomic E-state index is 6.93. The van der Waals surface area contributed by atoms with Gasteiger partial charge in [-0.15, -0.1) is 5.10 Å². The highest BCUT2D eigenvalue weighted by atomic mass is 127. The Balaban J connectivity index is 1.32. The summed E-state index contributed by atoms with van der Waals surface area (Å²) in [7, 11) is -1.28. The zero-order valence-electron chi connectivity index (χ0n) is 20.1. The van der Waals surface area contributed by atoms with Crippen LogP contribution in [0, 0.1) is 15.7 Å². The number of nitrogens with zero attached hydrogens (tertiary/aromatic N) is 3. The summed E-state index contributed by atoms with van der Waals surface area (Å²) in [6.45, 7) is 11.2. The van der Waals surface area contributed by atoms with E-state index < -0.39 is 9.04 Å². The van der Waals surface area contributed by atoms with Crippen molar-refractivity contribution in [3.8, 4) is 0 Å². The van der Waals surface area contributed by atoms with Gasteiger partial charge in [-0.05, 0) is 59.9 Å². The lowest BCUT2D eigenvalue weighted by atomic mass is 9.87. The van der Waals surface area contributed by atoms with Gasteiger partial charge >= 0.3 is 0 Å². The fourth-order valence-electron chi connectivity index (χ4n) is 5.37. The molecule has 2 aliphatic carbocycles. The Bertz CT molecular complexity index is 1090. The van der Waals surface area contributed by atoms with Gasteiger partial charge in [0.2, 0.25) is 3.83 Å². The molecule has 0 bridgehead atoms. The number of aromatic nitrogens is 3. The van der Waals surface area contributed by atoms with Crippen LogP contribution in [-0.2, 0) is 9.84 Å². The molecule has 0 amide bonds. The first-order chi connectivity index (χ1) is 15.7. The molecular formula is C27H33IN3OSi. The molecule has 0 N–H and O–H groups in total. The normalized spacial score (nSPS) is 24.5. The second-order valence-corrected chi connectivity index (χ2v) is 13.9. The fourth-order valence-corrected chi connectivity index (χ4v) is 7.94. The number of hydrogen-bond donors (Lipinski definition) is 0. The quantitative estimate of drug-likeness (QED) is 0.307. The van der Waals surface area contributed by atoms with E-state index in [0.29, 0.717) is 29.9 Å². The molecule has 2 saturated carbocycles. The van der Waals surface area contributed by atoms with E-state index >= 15 is 0 Å². The topological polar surface area (TPSA) is 39.9 Å². The van der Waals surface area contributed by atoms with Crippen LogP contribution in [-0.4, -0.2) is 29.9 Å². The third-order valence-electron chi connectivity index (χ3n) is 7.15. The van der Waals surface area contributed by atoms with Crippen molar-refractivity contribution in [2.24, 2.45) is 11.8 Å². The molecule has 2 atom stereocenters. The number of rotatable bonds is 6. The standard InChI is InChI=1S/C27H33IN3OSi/c1-17(2)31-25(29-26(28)30-31)24-22-15-19(16-23(22)24)32-33(20-9-7-6-8-10-20)21-13-11-18(12-14-21)27(3,4)5/h6-14,17,19,22-24H,15-16H2,1-5H3. The molecule has 2 fully saturated rings. The van der Waals surface area contributed by atoms with Gasteiger partial charge in [-0.2, -0.15) is 0 Å². The minimum absolute atomic E-state index is 0.162. The van der Waals surface area contributed by atoms with Gasteiger partial charge in [0.25, 0.3) is 9.04 Å². The third kappa shape index (κ3) is 4.71. The van der Waals surface area contributed by atoms with Crippen molar-refractivity contribution in [3.63, 3.8) is 0 Å². The summed E-state index contributed by atoms with van der Waals surface area (Å²) in [6, 6.07) is 20.4. The van der Waals surface area contributed by atoms with E-state index in [-0.39, 0.29) is 5.41 Å². The van der Waals surface area contributed by atoms with Crippen molar-refractivity contribution in [1.29, 1.82) is 0 Å². The Morgan fingerprint density at radius 1 is 0.970 bits per heavy atom. The molecule has 1 radical (unpaired) electrons. The molecule has 6 heteroatoms. The van der Waals surface area contributed by atoms with Gasteiger partial charge in [-0.3, -0.25) is 0 Å². The molecule has 1 aromatic heterocycles. The van der Waals surface area contributed by atoms with Crippen LogP contribution in [0.15, 0.2) is 54.6 Å². The van der Waals surface area contributed by atoms with Gasteiger partial charge in [0.05, 0.1) is 0 Å². The lowest BCUT2D eigenvalue weighted by Crippen LogP contribution is -2.47. The van der Waals surface area contributed by atoms with Gasteiger partial charge < -0.3 is 4.43 Å². The van der Waals surface area contributed by atoms with Gasteiger partial charge in [0.15, 0.2) is 0 Å². The molecule has 5 rings (SSSR count). The van der Waals surface area contributed by atoms with E-state index in [2.05, 4.69) is 122 Å². The van der Waals surface area contributed by atoms with Crippen LogP contribution < -0.4 is 10.4 Å². The largest absolute Gasteiger partial charge is 0.404 e. The van der Waals surface area contributed by atoms with E-state index in [1.807, 2.05) is 0 Å². The van der Waals surface area contributed by atoms with Crippen molar-refractivity contribution < 1.29 is 4.43 Å². The Hall–Kier alpha value is -1.51. The number of fused-ring (bicyclic) bond motifs is 1. The predicted octanol–water partition coefficient (Wildman–Crippen LogP) is 5.08. The summed E-state index contributed by atoms with van der Waals surface area (Å²) in [5.74, 6) is 3.13. The summed E-state index contributed by atoms with van der Waals surface area (Å²) >= 11 is 2.24. The van der Waals surface area contributed by atoms with Gasteiger partial charge in [-0.25, -0.2) is 9.67 Å². The molecule has 4 nitrogen and oxygen atoms in total. The van der Waals surface area contributed by atoms with E-state index in [9.17, 15) is 0 Å². The van der Waals surface area contributed by atoms with Gasteiger partial charge in [-0.1, -0.05) is 75.4 Å². The molecule has 1 heterocycles. The average molecular weight is 571 g/mol. The number of halogens is 1. The van der Waals surface area contributed by atoms with Gasteiger partial charge in [0, 0.05) is 40.7 Å². The minimum Gasteiger partial charge on any atom is -0.404 e. The van der Waals surface area contributed by atoms with Crippen LogP contribution in [0.3, 0.4) is 0 Å². The van der Waals surface area contributed by atoms with Gasteiger partial charge in [0.1, 0.15) is 5.82 Å². The molecule has 173 valence electrons. The Morgan fingerprint density at radius 2 is 1.58 bits per heavy atom. The smallest absolute Gasteiger partial charge is 0.283 e. The first kappa shape index (κ1) is 23.2. The highest BCUT2D eigenvalue weighted by Gasteiger charge is 2.59. The van der Waals surface area contributed by atoms with E-state index in [4.69, 9.17) is 9.41 Å². The average Bonchev–Trinajstić information content (AvgIpc) is 3.09. The first-order valence-electron chi connectivity index (χ1n) is 12.0. The summed E-state index contributed by atoms with van der Waals surface area (Å²) in [6.07, 6.45) is 2.61. The summed E-state index contributed by atoms with van der Waals surface area (Å²) in [5, 5.41) is 7.30. The van der Waals surface area contributed by atoms with Crippen LogP contribution in [0.4, 0.5) is 0 Å². The Labute approximate surface area is 213 Å². The molecule has 33 heavy (non-hydrogen) atoms. The summed E-state index contributed by atoms with van der Waals surface area (Å²) < 4.78 is 9.93. The lowest BCUT2D eigenvalue weighted by molar-refractivity contribution is 0.198.